The van der Waals surface area contributed by atoms with E-state index in [0.29, 0.717) is 23.3 Å². The fourth-order valence-electron chi connectivity index (χ4n) is 3.60. The molecule has 4 heterocycles. The van der Waals surface area contributed by atoms with Crippen LogP contribution in [0.1, 0.15) is 32.4 Å². The summed E-state index contributed by atoms with van der Waals surface area (Å²) in [6.07, 6.45) is 9.45. The Kier molecular flexibility index (Phi) is 7.54. The van der Waals surface area contributed by atoms with Gasteiger partial charge in [0.15, 0.2) is 0 Å². The van der Waals surface area contributed by atoms with Crippen molar-refractivity contribution in [2.45, 2.75) is 40.2 Å². The van der Waals surface area contributed by atoms with Gasteiger partial charge in [-0.3, -0.25) is 9.67 Å². The number of hydrogen-bond donors (Lipinski definition) is 0. The molecule has 0 aliphatic rings. The van der Waals surface area contributed by atoms with Gasteiger partial charge in [0.2, 0.25) is 11.8 Å². The van der Waals surface area contributed by atoms with Crippen LogP contribution in [0.5, 0.6) is 17.4 Å². The first kappa shape index (κ1) is 24.1. The lowest BCUT2D eigenvalue weighted by molar-refractivity contribution is 0.398. The summed E-state index contributed by atoms with van der Waals surface area (Å²) >= 11 is 0. The average Bonchev–Trinajstić information content (AvgIpc) is 3.38. The molecule has 0 saturated heterocycles. The zero-order valence-electron chi connectivity index (χ0n) is 20.9. The molecule has 9 nitrogen and oxygen atoms in total. The Labute approximate surface area is 205 Å². The highest BCUT2D eigenvalue weighted by atomic mass is 16.5. The monoisotopic (exact) mass is 473 g/mol. The summed E-state index contributed by atoms with van der Waals surface area (Å²) < 4.78 is 13.6. The molecular formula is C26H31N7O2. The fraction of sp³-hybridized carbons (Fsp3) is 0.346. The van der Waals surface area contributed by atoms with E-state index in [1.807, 2.05) is 60.9 Å². The number of methoxy groups -OCH3 is 1. The lowest BCUT2D eigenvalue weighted by atomic mass is 10.2. The van der Waals surface area contributed by atoms with Gasteiger partial charge >= 0.3 is 0 Å². The summed E-state index contributed by atoms with van der Waals surface area (Å²) in [5, 5.41) is 4.32. The van der Waals surface area contributed by atoms with Crippen molar-refractivity contribution in [3.63, 3.8) is 0 Å². The van der Waals surface area contributed by atoms with Gasteiger partial charge in [0.05, 0.1) is 36.0 Å². The Hall–Kier alpha value is -4.01. The van der Waals surface area contributed by atoms with Crippen molar-refractivity contribution in [1.29, 1.82) is 0 Å². The lowest BCUT2D eigenvalue weighted by Gasteiger charge is -2.18. The van der Waals surface area contributed by atoms with E-state index in [1.165, 1.54) is 0 Å². The van der Waals surface area contributed by atoms with Crippen LogP contribution in [-0.2, 0) is 6.54 Å². The van der Waals surface area contributed by atoms with Crippen LogP contribution in [0.4, 0.5) is 5.95 Å². The van der Waals surface area contributed by atoms with Crippen LogP contribution in [0.25, 0.3) is 22.5 Å². The van der Waals surface area contributed by atoms with Crippen LogP contribution >= 0.6 is 0 Å². The van der Waals surface area contributed by atoms with E-state index < -0.39 is 0 Å². The normalized spacial score (nSPS) is 10.9. The zero-order valence-corrected chi connectivity index (χ0v) is 20.9. The van der Waals surface area contributed by atoms with Crippen LogP contribution in [0, 0.1) is 6.92 Å². The Morgan fingerprint density at radius 1 is 1.03 bits per heavy atom. The molecule has 4 aromatic heterocycles. The maximum atomic E-state index is 6.14. The quantitative estimate of drug-likeness (QED) is 0.312. The SMILES string of the molecule is CCCCN(C)c1ncc(-c2ccc(Oc3ccnc(-c4cnn(CC)c4)c3)c(C)n2)c(OC)n1. The van der Waals surface area contributed by atoms with E-state index >= 15 is 0 Å². The van der Waals surface area contributed by atoms with Crippen molar-refractivity contribution < 1.29 is 9.47 Å². The van der Waals surface area contributed by atoms with Crippen molar-refractivity contribution in [3.8, 4) is 39.9 Å². The maximum Gasteiger partial charge on any atom is 0.228 e. The number of unbranched alkanes of at least 4 members (excludes halogenated alkanes) is 1. The number of aryl methyl sites for hydroxylation is 2. The van der Waals surface area contributed by atoms with Crippen LogP contribution in [-0.4, -0.2) is 50.4 Å². The van der Waals surface area contributed by atoms with Crippen LogP contribution in [0.2, 0.25) is 0 Å². The molecule has 0 unspecified atom stereocenters. The van der Waals surface area contributed by atoms with Crippen molar-refractivity contribution in [1.82, 2.24) is 29.7 Å². The smallest absolute Gasteiger partial charge is 0.228 e. The molecule has 0 aliphatic carbocycles. The minimum Gasteiger partial charge on any atom is -0.480 e. The molecule has 35 heavy (non-hydrogen) atoms. The molecule has 0 bridgehead atoms. The lowest BCUT2D eigenvalue weighted by Crippen LogP contribution is -2.21. The molecule has 0 aromatic carbocycles. The summed E-state index contributed by atoms with van der Waals surface area (Å²) in [7, 11) is 3.59. The predicted octanol–water partition coefficient (Wildman–Crippen LogP) is 5.16. The largest absolute Gasteiger partial charge is 0.480 e. The molecule has 9 heteroatoms. The second-order valence-electron chi connectivity index (χ2n) is 8.21. The van der Waals surface area contributed by atoms with E-state index in [-0.39, 0.29) is 0 Å². The number of anilines is 1. The minimum absolute atomic E-state index is 0.491. The van der Waals surface area contributed by atoms with Gasteiger partial charge in [-0.05, 0) is 38.5 Å². The summed E-state index contributed by atoms with van der Waals surface area (Å²) in [6, 6.07) is 7.51. The number of aromatic nitrogens is 6. The van der Waals surface area contributed by atoms with E-state index in [1.54, 1.807) is 25.7 Å². The van der Waals surface area contributed by atoms with Gasteiger partial charge in [0.1, 0.15) is 11.5 Å². The zero-order chi connectivity index (χ0) is 24.8. The van der Waals surface area contributed by atoms with Crippen molar-refractivity contribution in [2.24, 2.45) is 0 Å². The predicted molar refractivity (Wildman–Crippen MR) is 136 cm³/mol. The third kappa shape index (κ3) is 5.56. The summed E-state index contributed by atoms with van der Waals surface area (Å²) in [5.74, 6) is 2.46. The van der Waals surface area contributed by atoms with Crippen molar-refractivity contribution in [3.05, 3.63) is 54.7 Å². The highest BCUT2D eigenvalue weighted by molar-refractivity contribution is 5.66. The third-order valence-electron chi connectivity index (χ3n) is 5.65. The summed E-state index contributed by atoms with van der Waals surface area (Å²) in [4.78, 5) is 20.3. The highest BCUT2D eigenvalue weighted by Crippen LogP contribution is 2.32. The Morgan fingerprint density at radius 2 is 1.89 bits per heavy atom. The van der Waals surface area contributed by atoms with Gasteiger partial charge in [-0.15, -0.1) is 0 Å². The number of pyridine rings is 2. The molecule has 0 amide bonds. The summed E-state index contributed by atoms with van der Waals surface area (Å²) in [6.45, 7) is 7.81. The molecule has 0 fully saturated rings. The first-order valence-corrected chi connectivity index (χ1v) is 11.8. The van der Waals surface area contributed by atoms with E-state index in [9.17, 15) is 0 Å². The van der Waals surface area contributed by atoms with Crippen LogP contribution in [0.3, 0.4) is 0 Å². The van der Waals surface area contributed by atoms with E-state index in [0.717, 1.165) is 54.1 Å². The average molecular weight is 474 g/mol. The van der Waals surface area contributed by atoms with E-state index in [4.69, 9.17) is 14.5 Å². The first-order valence-electron chi connectivity index (χ1n) is 11.8. The van der Waals surface area contributed by atoms with Crippen molar-refractivity contribution >= 4 is 5.95 Å². The van der Waals surface area contributed by atoms with Gasteiger partial charge < -0.3 is 14.4 Å². The molecule has 0 saturated carbocycles. The number of rotatable bonds is 10. The van der Waals surface area contributed by atoms with Gasteiger partial charge in [-0.25, -0.2) is 9.97 Å². The molecule has 0 aliphatic heterocycles. The molecular weight excluding hydrogens is 442 g/mol. The molecule has 0 N–H and O–H groups in total. The standard InChI is InChI=1S/C26H31N7O2/c1-6-8-13-32(4)26-28-16-21(25(31-26)34-5)22-9-10-24(18(3)30-22)35-20-11-12-27-23(14-20)19-15-29-33(7-2)17-19/h9-12,14-17H,6-8,13H2,1-5H3. The molecule has 0 atom stereocenters. The van der Waals surface area contributed by atoms with Crippen LogP contribution in [0.15, 0.2) is 49.1 Å². The van der Waals surface area contributed by atoms with Crippen molar-refractivity contribution in [2.75, 3.05) is 25.6 Å². The molecule has 4 rings (SSSR count). The number of nitrogens with zero attached hydrogens (tertiary/aromatic N) is 7. The maximum absolute atomic E-state index is 6.14. The van der Waals surface area contributed by atoms with E-state index in [2.05, 4.69) is 27.0 Å². The number of ether oxygens (including phenoxy) is 2. The molecule has 4 aromatic rings. The van der Waals surface area contributed by atoms with Crippen LogP contribution < -0.4 is 14.4 Å². The fourth-order valence-corrected chi connectivity index (χ4v) is 3.60. The van der Waals surface area contributed by atoms with Gasteiger partial charge in [0.25, 0.3) is 0 Å². The highest BCUT2D eigenvalue weighted by Gasteiger charge is 2.15. The van der Waals surface area contributed by atoms with Gasteiger partial charge in [-0.2, -0.15) is 10.1 Å². The second-order valence-corrected chi connectivity index (χ2v) is 8.21. The Morgan fingerprint density at radius 3 is 2.60 bits per heavy atom. The van der Waals surface area contributed by atoms with Gasteiger partial charge in [0, 0.05) is 50.4 Å². The Bertz CT molecular complexity index is 1290. The molecule has 0 spiro atoms. The minimum atomic E-state index is 0.491. The third-order valence-corrected chi connectivity index (χ3v) is 5.65. The second kappa shape index (κ2) is 10.9. The first-order chi connectivity index (χ1) is 17.0. The number of hydrogen-bond acceptors (Lipinski definition) is 8. The Balaban J connectivity index is 1.55. The van der Waals surface area contributed by atoms with Gasteiger partial charge in [-0.1, -0.05) is 13.3 Å². The molecule has 182 valence electrons. The summed E-state index contributed by atoms with van der Waals surface area (Å²) in [5.41, 5.74) is 3.94. The molecule has 0 radical (unpaired) electrons. The topological polar surface area (TPSA) is 91.1 Å².